The molecule has 0 radical (unpaired) electrons. The molecule has 0 bridgehead atoms. The molecule has 1 aromatic rings. The zero-order valence-electron chi connectivity index (χ0n) is 15.6. The number of rotatable bonds is 5. The first-order valence-corrected chi connectivity index (χ1v) is 10.9. The average Bonchev–Trinajstić information content (AvgIpc) is 3.13. The minimum absolute atomic E-state index is 0.0380. The van der Waals surface area contributed by atoms with Gasteiger partial charge in [0.2, 0.25) is 15.9 Å². The topological polar surface area (TPSA) is 66.9 Å². The van der Waals surface area contributed by atoms with E-state index in [2.05, 4.69) is 6.92 Å². The fourth-order valence-corrected chi connectivity index (χ4v) is 5.38. The molecule has 0 spiro atoms. The van der Waals surface area contributed by atoms with Gasteiger partial charge in [0.05, 0.1) is 11.5 Å². The maximum Gasteiger partial charge on any atom is 0.243 e. The van der Waals surface area contributed by atoms with Crippen LogP contribution >= 0.6 is 0 Å². The smallest absolute Gasteiger partial charge is 0.243 e. The highest BCUT2D eigenvalue weighted by atomic mass is 32.2. The molecule has 7 heteroatoms. The van der Waals surface area contributed by atoms with Crippen molar-refractivity contribution < 1.29 is 17.9 Å². The maximum absolute atomic E-state index is 13.1. The van der Waals surface area contributed by atoms with Crippen molar-refractivity contribution in [3.05, 3.63) is 24.3 Å². The van der Waals surface area contributed by atoms with Gasteiger partial charge in [-0.25, -0.2) is 8.42 Å². The van der Waals surface area contributed by atoms with Crippen molar-refractivity contribution in [1.82, 2.24) is 9.21 Å². The molecule has 2 saturated heterocycles. The van der Waals surface area contributed by atoms with Gasteiger partial charge in [-0.1, -0.05) is 6.92 Å². The van der Waals surface area contributed by atoms with Crippen molar-refractivity contribution in [2.45, 2.75) is 50.5 Å². The van der Waals surface area contributed by atoms with Crippen molar-refractivity contribution in [2.24, 2.45) is 5.92 Å². The highest BCUT2D eigenvalue weighted by Crippen LogP contribution is 2.29. The maximum atomic E-state index is 13.1. The van der Waals surface area contributed by atoms with E-state index in [1.54, 1.807) is 24.3 Å². The molecular formula is C19H28N2O4S. The van der Waals surface area contributed by atoms with E-state index in [4.69, 9.17) is 4.74 Å². The van der Waals surface area contributed by atoms with Crippen molar-refractivity contribution >= 4 is 15.9 Å². The van der Waals surface area contributed by atoms with Crippen LogP contribution in [0.2, 0.25) is 0 Å². The van der Waals surface area contributed by atoms with Crippen molar-refractivity contribution in [3.63, 3.8) is 0 Å². The molecule has 0 saturated carbocycles. The molecule has 0 aliphatic carbocycles. The van der Waals surface area contributed by atoms with E-state index in [9.17, 15) is 13.2 Å². The van der Waals surface area contributed by atoms with E-state index in [1.165, 1.54) is 4.31 Å². The summed E-state index contributed by atoms with van der Waals surface area (Å²) in [4.78, 5) is 15.0. The van der Waals surface area contributed by atoms with Crippen LogP contribution in [0.4, 0.5) is 0 Å². The molecule has 26 heavy (non-hydrogen) atoms. The minimum Gasteiger partial charge on any atom is -0.494 e. The summed E-state index contributed by atoms with van der Waals surface area (Å²) in [6.45, 7) is 6.47. The molecule has 1 amide bonds. The fraction of sp³-hybridized carbons (Fsp3) is 0.632. The average molecular weight is 381 g/mol. The lowest BCUT2D eigenvalue weighted by Gasteiger charge is -2.34. The van der Waals surface area contributed by atoms with Gasteiger partial charge >= 0.3 is 0 Å². The van der Waals surface area contributed by atoms with Crippen LogP contribution < -0.4 is 4.74 Å². The summed E-state index contributed by atoms with van der Waals surface area (Å²) in [6.07, 6.45) is 3.30. The lowest BCUT2D eigenvalue weighted by molar-refractivity contribution is -0.135. The zero-order valence-corrected chi connectivity index (χ0v) is 16.4. The largest absolute Gasteiger partial charge is 0.494 e. The quantitative estimate of drug-likeness (QED) is 0.787. The Hall–Kier alpha value is -1.60. The number of carbonyl (C=O) groups is 1. The number of sulfonamides is 1. The van der Waals surface area contributed by atoms with E-state index in [-0.39, 0.29) is 10.8 Å². The van der Waals surface area contributed by atoms with Crippen molar-refractivity contribution in [1.29, 1.82) is 0 Å². The SMILES string of the molecule is CCOc1ccc(S(=O)(=O)N2CCC[C@H]2C(=O)N2CCC(C)CC2)cc1. The molecule has 0 unspecified atom stereocenters. The Morgan fingerprint density at radius 3 is 2.38 bits per heavy atom. The summed E-state index contributed by atoms with van der Waals surface area (Å²) in [5.41, 5.74) is 0. The van der Waals surface area contributed by atoms with Gasteiger partial charge in [0.25, 0.3) is 0 Å². The van der Waals surface area contributed by atoms with Crippen LogP contribution in [0, 0.1) is 5.92 Å². The van der Waals surface area contributed by atoms with Gasteiger partial charge in [-0.05, 0) is 62.8 Å². The first kappa shape index (κ1) is 19.2. The summed E-state index contributed by atoms with van der Waals surface area (Å²) in [7, 11) is -3.68. The normalized spacial score (nSPS) is 22.5. The monoisotopic (exact) mass is 380 g/mol. The fourth-order valence-electron chi connectivity index (χ4n) is 3.72. The number of hydrogen-bond acceptors (Lipinski definition) is 4. The van der Waals surface area contributed by atoms with Crippen LogP contribution in [0.1, 0.15) is 39.5 Å². The Morgan fingerprint density at radius 2 is 1.77 bits per heavy atom. The van der Waals surface area contributed by atoms with Crippen LogP contribution in [0.5, 0.6) is 5.75 Å². The van der Waals surface area contributed by atoms with E-state index in [1.807, 2.05) is 11.8 Å². The van der Waals surface area contributed by atoms with Gasteiger partial charge in [-0.15, -0.1) is 0 Å². The van der Waals surface area contributed by atoms with Crippen LogP contribution in [0.3, 0.4) is 0 Å². The Kier molecular flexibility index (Phi) is 5.87. The van der Waals surface area contributed by atoms with Gasteiger partial charge in [0, 0.05) is 19.6 Å². The second-order valence-electron chi connectivity index (χ2n) is 7.19. The molecule has 2 aliphatic heterocycles. The van der Waals surface area contributed by atoms with Crippen LogP contribution in [0.15, 0.2) is 29.2 Å². The molecule has 6 nitrogen and oxygen atoms in total. The van der Waals surface area contributed by atoms with E-state index in [0.29, 0.717) is 31.2 Å². The Morgan fingerprint density at radius 1 is 1.12 bits per heavy atom. The Balaban J connectivity index is 1.76. The van der Waals surface area contributed by atoms with Gasteiger partial charge < -0.3 is 9.64 Å². The lowest BCUT2D eigenvalue weighted by Crippen LogP contribution is -2.49. The minimum atomic E-state index is -3.68. The molecule has 2 heterocycles. The third-order valence-corrected chi connectivity index (χ3v) is 7.25. The number of nitrogens with zero attached hydrogens (tertiary/aromatic N) is 2. The van der Waals surface area contributed by atoms with E-state index in [0.717, 1.165) is 32.4 Å². The number of benzene rings is 1. The standard InChI is InChI=1S/C19H28N2O4S/c1-3-25-16-6-8-17(9-7-16)26(23,24)21-12-4-5-18(21)19(22)20-13-10-15(2)11-14-20/h6-9,15,18H,3-5,10-14H2,1-2H3/t18-/m0/s1. The predicted octanol–water partition coefficient (Wildman–Crippen LogP) is 2.50. The van der Waals surface area contributed by atoms with Crippen LogP contribution in [-0.2, 0) is 14.8 Å². The molecule has 0 aromatic heterocycles. The number of likely N-dealkylation sites (tertiary alicyclic amines) is 1. The third kappa shape index (κ3) is 3.88. The van der Waals surface area contributed by atoms with Gasteiger partial charge in [-0.3, -0.25) is 4.79 Å². The van der Waals surface area contributed by atoms with Crippen LogP contribution in [-0.4, -0.2) is 55.8 Å². The first-order chi connectivity index (χ1) is 12.4. The number of carbonyl (C=O) groups excluding carboxylic acids is 1. The Labute approximate surface area is 156 Å². The second-order valence-corrected chi connectivity index (χ2v) is 9.08. The second kappa shape index (κ2) is 7.96. The van der Waals surface area contributed by atoms with Gasteiger partial charge in [-0.2, -0.15) is 4.31 Å². The molecule has 3 rings (SSSR count). The first-order valence-electron chi connectivity index (χ1n) is 9.47. The van der Waals surface area contributed by atoms with E-state index < -0.39 is 16.1 Å². The molecule has 2 fully saturated rings. The molecule has 2 aliphatic rings. The summed E-state index contributed by atoms with van der Waals surface area (Å²) in [6, 6.07) is 5.87. The van der Waals surface area contributed by atoms with Gasteiger partial charge in [0.1, 0.15) is 11.8 Å². The summed E-state index contributed by atoms with van der Waals surface area (Å²) < 4.78 is 32.9. The number of ether oxygens (including phenoxy) is 1. The van der Waals surface area contributed by atoms with Crippen molar-refractivity contribution in [3.8, 4) is 5.75 Å². The molecule has 1 atom stereocenters. The predicted molar refractivity (Wildman–Crippen MR) is 99.5 cm³/mol. The molecular weight excluding hydrogens is 352 g/mol. The molecule has 0 N–H and O–H groups in total. The highest BCUT2D eigenvalue weighted by molar-refractivity contribution is 7.89. The Bertz CT molecular complexity index is 724. The lowest BCUT2D eigenvalue weighted by atomic mass is 9.98. The van der Waals surface area contributed by atoms with Crippen LogP contribution in [0.25, 0.3) is 0 Å². The van der Waals surface area contributed by atoms with E-state index >= 15 is 0 Å². The third-order valence-electron chi connectivity index (χ3n) is 5.33. The summed E-state index contributed by atoms with van der Waals surface area (Å²) >= 11 is 0. The van der Waals surface area contributed by atoms with Crippen molar-refractivity contribution in [2.75, 3.05) is 26.2 Å². The number of amides is 1. The number of hydrogen-bond donors (Lipinski definition) is 0. The molecule has 144 valence electrons. The molecule has 1 aromatic carbocycles. The zero-order chi connectivity index (χ0) is 18.7. The number of piperidine rings is 1. The summed E-state index contributed by atoms with van der Waals surface area (Å²) in [5.74, 6) is 1.23. The summed E-state index contributed by atoms with van der Waals surface area (Å²) in [5, 5.41) is 0. The highest BCUT2D eigenvalue weighted by Gasteiger charge is 2.41. The van der Waals surface area contributed by atoms with Gasteiger partial charge in [0.15, 0.2) is 0 Å².